The maximum absolute atomic E-state index is 11.4. The van der Waals surface area contributed by atoms with Crippen molar-refractivity contribution < 1.29 is 9.72 Å². The summed E-state index contributed by atoms with van der Waals surface area (Å²) in [5, 5.41) is 17.5. The minimum atomic E-state index is -0.449. The lowest BCUT2D eigenvalue weighted by Crippen LogP contribution is -2.26. The second kappa shape index (κ2) is 6.39. The Balaban J connectivity index is 2.66. The van der Waals surface area contributed by atoms with Gasteiger partial charge in [0, 0.05) is 18.7 Å². The van der Waals surface area contributed by atoms with Crippen LogP contribution >= 0.6 is 12.6 Å². The quantitative estimate of drug-likeness (QED) is 0.456. The van der Waals surface area contributed by atoms with Crippen molar-refractivity contribution in [3.8, 4) is 0 Å². The van der Waals surface area contributed by atoms with E-state index in [-0.39, 0.29) is 18.0 Å². The molecule has 0 saturated heterocycles. The standard InChI is InChI=1S/C10H16N4O3S/c1-7-10(14(16)17)8(2)13(12-7)5-3-9(15)11-4-6-18/h18H,3-6H2,1-2H3,(H,11,15). The van der Waals surface area contributed by atoms with Gasteiger partial charge in [0.1, 0.15) is 11.4 Å². The Hall–Kier alpha value is -1.57. The highest BCUT2D eigenvalue weighted by Crippen LogP contribution is 2.21. The molecule has 100 valence electrons. The van der Waals surface area contributed by atoms with Crippen molar-refractivity contribution in [2.45, 2.75) is 26.8 Å². The maximum atomic E-state index is 11.4. The predicted molar refractivity (Wildman–Crippen MR) is 69.8 cm³/mol. The number of thiol groups is 1. The lowest BCUT2D eigenvalue weighted by atomic mass is 10.3. The molecule has 1 rings (SSSR count). The van der Waals surface area contributed by atoms with Gasteiger partial charge in [-0.2, -0.15) is 17.7 Å². The third-order valence-electron chi connectivity index (χ3n) is 2.51. The summed E-state index contributed by atoms with van der Waals surface area (Å²) in [6, 6.07) is 0. The van der Waals surface area contributed by atoms with Crippen molar-refractivity contribution in [3.63, 3.8) is 0 Å². The van der Waals surface area contributed by atoms with E-state index in [2.05, 4.69) is 23.0 Å². The highest BCUT2D eigenvalue weighted by molar-refractivity contribution is 7.80. The Morgan fingerprint density at radius 2 is 2.22 bits per heavy atom. The normalized spacial score (nSPS) is 10.4. The second-order valence-electron chi connectivity index (χ2n) is 3.82. The first kappa shape index (κ1) is 14.5. The molecule has 0 saturated carbocycles. The Morgan fingerprint density at radius 1 is 1.56 bits per heavy atom. The molecule has 1 heterocycles. The summed E-state index contributed by atoms with van der Waals surface area (Å²) < 4.78 is 1.49. The van der Waals surface area contributed by atoms with Gasteiger partial charge in [0.2, 0.25) is 5.91 Å². The number of nitro groups is 1. The average molecular weight is 272 g/mol. The van der Waals surface area contributed by atoms with E-state index in [0.717, 1.165) is 0 Å². The van der Waals surface area contributed by atoms with Gasteiger partial charge in [0.15, 0.2) is 0 Å². The summed E-state index contributed by atoms with van der Waals surface area (Å²) in [5.41, 5.74) is 0.860. The van der Waals surface area contributed by atoms with E-state index in [1.807, 2.05) is 0 Å². The number of rotatable bonds is 6. The van der Waals surface area contributed by atoms with Crippen molar-refractivity contribution in [3.05, 3.63) is 21.5 Å². The van der Waals surface area contributed by atoms with Crippen LogP contribution in [0.2, 0.25) is 0 Å². The minimum absolute atomic E-state index is 0.0192. The van der Waals surface area contributed by atoms with Crippen LogP contribution in [0.15, 0.2) is 0 Å². The predicted octanol–water partition coefficient (Wildman–Crippen LogP) is 0.844. The van der Waals surface area contributed by atoms with Crippen molar-refractivity contribution in [1.82, 2.24) is 15.1 Å². The molecule has 8 heteroatoms. The van der Waals surface area contributed by atoms with E-state index in [1.165, 1.54) is 4.68 Å². The molecular weight excluding hydrogens is 256 g/mol. The first-order chi connectivity index (χ1) is 8.47. The third kappa shape index (κ3) is 3.46. The summed E-state index contributed by atoms with van der Waals surface area (Å²) in [7, 11) is 0. The van der Waals surface area contributed by atoms with Crippen molar-refractivity contribution in [2.75, 3.05) is 12.3 Å². The number of carbonyl (C=O) groups is 1. The maximum Gasteiger partial charge on any atom is 0.312 e. The van der Waals surface area contributed by atoms with Crippen LogP contribution in [0.5, 0.6) is 0 Å². The molecule has 1 aromatic heterocycles. The number of aryl methyl sites for hydroxylation is 2. The largest absolute Gasteiger partial charge is 0.355 e. The fourth-order valence-corrected chi connectivity index (χ4v) is 1.77. The van der Waals surface area contributed by atoms with E-state index in [4.69, 9.17) is 0 Å². The fourth-order valence-electron chi connectivity index (χ4n) is 1.66. The van der Waals surface area contributed by atoms with Gasteiger partial charge in [-0.3, -0.25) is 19.6 Å². The smallest absolute Gasteiger partial charge is 0.312 e. The summed E-state index contributed by atoms with van der Waals surface area (Å²) >= 11 is 3.98. The molecule has 0 aromatic carbocycles. The van der Waals surface area contributed by atoms with Crippen LogP contribution < -0.4 is 5.32 Å². The first-order valence-corrected chi connectivity index (χ1v) is 6.16. The molecule has 0 unspecified atom stereocenters. The van der Waals surface area contributed by atoms with Gasteiger partial charge in [-0.15, -0.1) is 0 Å². The number of amides is 1. The molecule has 1 aromatic rings. The van der Waals surface area contributed by atoms with E-state index in [9.17, 15) is 14.9 Å². The zero-order valence-corrected chi connectivity index (χ0v) is 11.2. The molecule has 0 aliphatic rings. The number of hydrogen-bond acceptors (Lipinski definition) is 5. The molecule has 0 aliphatic heterocycles. The molecule has 1 amide bonds. The first-order valence-electron chi connectivity index (χ1n) is 5.53. The zero-order valence-electron chi connectivity index (χ0n) is 10.3. The molecule has 1 N–H and O–H groups in total. The van der Waals surface area contributed by atoms with E-state index in [1.54, 1.807) is 13.8 Å². The Morgan fingerprint density at radius 3 is 2.72 bits per heavy atom. The zero-order chi connectivity index (χ0) is 13.7. The monoisotopic (exact) mass is 272 g/mol. The fraction of sp³-hybridized carbons (Fsp3) is 0.600. The van der Waals surface area contributed by atoms with Crippen LogP contribution in [0.3, 0.4) is 0 Å². The van der Waals surface area contributed by atoms with E-state index < -0.39 is 4.92 Å². The summed E-state index contributed by atoms with van der Waals surface area (Å²) in [5.74, 6) is 0.469. The van der Waals surface area contributed by atoms with Gasteiger partial charge in [-0.1, -0.05) is 0 Å². The van der Waals surface area contributed by atoms with Crippen LogP contribution in [0, 0.1) is 24.0 Å². The number of carbonyl (C=O) groups excluding carboxylic acids is 1. The lowest BCUT2D eigenvalue weighted by Gasteiger charge is -2.04. The Labute approximate surface area is 110 Å². The van der Waals surface area contributed by atoms with Gasteiger partial charge in [-0.25, -0.2) is 0 Å². The van der Waals surface area contributed by atoms with Gasteiger partial charge in [-0.05, 0) is 13.8 Å². The number of hydrogen-bond donors (Lipinski definition) is 2. The van der Waals surface area contributed by atoms with Crippen molar-refractivity contribution >= 4 is 24.2 Å². The average Bonchev–Trinajstić information content (AvgIpc) is 2.58. The molecule has 0 bridgehead atoms. The summed E-state index contributed by atoms with van der Waals surface area (Å²) in [6.45, 7) is 4.06. The Kier molecular flexibility index (Phi) is 5.14. The van der Waals surface area contributed by atoms with Crippen LogP contribution in [0.4, 0.5) is 5.69 Å². The van der Waals surface area contributed by atoms with Crippen LogP contribution in [-0.4, -0.2) is 32.9 Å². The van der Waals surface area contributed by atoms with E-state index >= 15 is 0 Å². The molecule has 0 fully saturated rings. The Bertz CT molecular complexity index is 458. The molecule has 0 aliphatic carbocycles. The number of nitrogens with zero attached hydrogens (tertiary/aromatic N) is 3. The third-order valence-corrected chi connectivity index (χ3v) is 2.73. The molecular formula is C10H16N4O3S. The van der Waals surface area contributed by atoms with Crippen LogP contribution in [-0.2, 0) is 11.3 Å². The van der Waals surface area contributed by atoms with Crippen molar-refractivity contribution in [1.29, 1.82) is 0 Å². The topological polar surface area (TPSA) is 90.1 Å². The minimum Gasteiger partial charge on any atom is -0.355 e. The molecule has 0 spiro atoms. The number of aromatic nitrogens is 2. The summed E-state index contributed by atoms with van der Waals surface area (Å²) in [4.78, 5) is 21.7. The van der Waals surface area contributed by atoms with Crippen LogP contribution in [0.1, 0.15) is 17.8 Å². The number of nitrogens with one attached hydrogen (secondary N) is 1. The molecule has 18 heavy (non-hydrogen) atoms. The van der Waals surface area contributed by atoms with Crippen molar-refractivity contribution in [2.24, 2.45) is 0 Å². The highest BCUT2D eigenvalue weighted by Gasteiger charge is 2.21. The highest BCUT2D eigenvalue weighted by atomic mass is 32.1. The SMILES string of the molecule is Cc1nn(CCC(=O)NCCS)c(C)c1[N+](=O)[O-]. The molecule has 0 radical (unpaired) electrons. The summed E-state index contributed by atoms with van der Waals surface area (Å²) in [6.07, 6.45) is 0.243. The van der Waals surface area contributed by atoms with Gasteiger partial charge >= 0.3 is 5.69 Å². The lowest BCUT2D eigenvalue weighted by molar-refractivity contribution is -0.386. The van der Waals surface area contributed by atoms with Gasteiger partial charge < -0.3 is 5.32 Å². The van der Waals surface area contributed by atoms with Crippen LogP contribution in [0.25, 0.3) is 0 Å². The van der Waals surface area contributed by atoms with Gasteiger partial charge in [0.25, 0.3) is 0 Å². The second-order valence-corrected chi connectivity index (χ2v) is 4.27. The van der Waals surface area contributed by atoms with Gasteiger partial charge in [0.05, 0.1) is 11.5 Å². The molecule has 0 atom stereocenters. The molecule has 7 nitrogen and oxygen atoms in total. The van der Waals surface area contributed by atoms with E-state index in [0.29, 0.717) is 30.2 Å².